The molecule has 0 spiro atoms. The van der Waals surface area contributed by atoms with Crippen LogP contribution < -0.4 is 20.6 Å². The number of ether oxygens (including phenoxy) is 2. The molecule has 3 rings (SSSR count). The van der Waals surface area contributed by atoms with E-state index in [0.29, 0.717) is 29.1 Å². The first-order valence-electron chi connectivity index (χ1n) is 7.93. The minimum absolute atomic E-state index is 0.101. The highest BCUT2D eigenvalue weighted by atomic mass is 32.2. The molecule has 0 atom stereocenters. The van der Waals surface area contributed by atoms with E-state index in [-0.39, 0.29) is 11.7 Å². The van der Waals surface area contributed by atoms with Gasteiger partial charge in [0.1, 0.15) is 0 Å². The van der Waals surface area contributed by atoms with E-state index in [0.717, 1.165) is 24.2 Å². The number of carbonyl (C=O) groups excluding carboxylic acids is 1. The molecule has 9 heteroatoms. The highest BCUT2D eigenvalue weighted by Gasteiger charge is 2.30. The Labute approximate surface area is 150 Å². The second kappa shape index (κ2) is 7.64. The van der Waals surface area contributed by atoms with Gasteiger partial charge in [0.2, 0.25) is 11.1 Å². The lowest BCUT2D eigenvalue weighted by atomic mass is 10.2. The number of benzene rings is 1. The summed E-state index contributed by atoms with van der Waals surface area (Å²) in [6.45, 7) is 0.405. The number of nitrogens with zero attached hydrogens (tertiary/aromatic N) is 3. The maximum atomic E-state index is 12.0. The van der Waals surface area contributed by atoms with Crippen LogP contribution in [0.5, 0.6) is 11.5 Å². The molecule has 1 saturated carbocycles. The Morgan fingerprint density at radius 2 is 2.08 bits per heavy atom. The molecule has 1 amide bonds. The van der Waals surface area contributed by atoms with E-state index in [2.05, 4.69) is 15.5 Å². The van der Waals surface area contributed by atoms with Gasteiger partial charge in [0.15, 0.2) is 17.3 Å². The molecule has 0 saturated heterocycles. The van der Waals surface area contributed by atoms with Crippen molar-refractivity contribution in [2.45, 2.75) is 30.5 Å². The Morgan fingerprint density at radius 3 is 2.76 bits per heavy atom. The van der Waals surface area contributed by atoms with Crippen molar-refractivity contribution in [3.05, 3.63) is 29.6 Å². The van der Waals surface area contributed by atoms with Gasteiger partial charge in [0, 0.05) is 12.5 Å². The van der Waals surface area contributed by atoms with Crippen molar-refractivity contribution in [3.63, 3.8) is 0 Å². The number of amides is 1. The fourth-order valence-electron chi connectivity index (χ4n) is 2.38. The quantitative estimate of drug-likeness (QED) is 0.538. The monoisotopic (exact) mass is 363 g/mol. The molecule has 134 valence electrons. The molecule has 1 aliphatic carbocycles. The van der Waals surface area contributed by atoms with Gasteiger partial charge in [-0.05, 0) is 30.5 Å². The van der Waals surface area contributed by atoms with E-state index in [1.165, 1.54) is 16.4 Å². The van der Waals surface area contributed by atoms with Gasteiger partial charge in [-0.15, -0.1) is 10.2 Å². The molecule has 8 nitrogen and oxygen atoms in total. The van der Waals surface area contributed by atoms with Gasteiger partial charge in [0.05, 0.1) is 20.0 Å². The highest BCUT2D eigenvalue weighted by Crippen LogP contribution is 2.39. The van der Waals surface area contributed by atoms with Crippen LogP contribution in [0.3, 0.4) is 0 Å². The smallest absolute Gasteiger partial charge is 0.230 e. The Kier molecular flexibility index (Phi) is 5.32. The zero-order valence-corrected chi connectivity index (χ0v) is 15.0. The summed E-state index contributed by atoms with van der Waals surface area (Å²) in [7, 11) is 3.16. The van der Waals surface area contributed by atoms with E-state index in [1.54, 1.807) is 14.2 Å². The molecule has 1 aromatic carbocycles. The first kappa shape index (κ1) is 17.4. The van der Waals surface area contributed by atoms with Crippen LogP contribution in [0, 0.1) is 0 Å². The Bertz CT molecular complexity index is 760. The van der Waals surface area contributed by atoms with E-state index < -0.39 is 0 Å². The Hall–Kier alpha value is -2.42. The lowest BCUT2D eigenvalue weighted by Crippen LogP contribution is -2.25. The van der Waals surface area contributed by atoms with E-state index in [9.17, 15) is 4.79 Å². The van der Waals surface area contributed by atoms with E-state index in [1.807, 2.05) is 18.2 Å². The second-order valence-corrected chi connectivity index (χ2v) is 6.68. The third kappa shape index (κ3) is 4.16. The predicted octanol–water partition coefficient (Wildman–Crippen LogP) is 1.29. The average molecular weight is 363 g/mol. The van der Waals surface area contributed by atoms with Crippen LogP contribution in [0.25, 0.3) is 0 Å². The van der Waals surface area contributed by atoms with Crippen molar-refractivity contribution >= 4 is 17.7 Å². The molecule has 25 heavy (non-hydrogen) atoms. The molecule has 0 unspecified atom stereocenters. The van der Waals surface area contributed by atoms with Crippen molar-refractivity contribution < 1.29 is 14.3 Å². The van der Waals surface area contributed by atoms with Gasteiger partial charge in [-0.3, -0.25) is 4.79 Å². The number of thioether (sulfide) groups is 1. The van der Waals surface area contributed by atoms with Crippen LogP contribution >= 0.6 is 11.8 Å². The first-order chi connectivity index (χ1) is 12.1. The third-order valence-electron chi connectivity index (χ3n) is 3.90. The van der Waals surface area contributed by atoms with Crippen LogP contribution in [0.15, 0.2) is 23.4 Å². The SMILES string of the molecule is COc1ccc(CNC(=O)CSc2nnc(C3CC3)n2N)cc1OC. The summed E-state index contributed by atoms with van der Waals surface area (Å²) in [5.41, 5.74) is 0.925. The summed E-state index contributed by atoms with van der Waals surface area (Å²) in [5.74, 6) is 8.60. The summed E-state index contributed by atoms with van der Waals surface area (Å²) >= 11 is 1.28. The summed E-state index contributed by atoms with van der Waals surface area (Å²) in [6, 6.07) is 5.53. The molecule has 2 aromatic rings. The number of rotatable bonds is 8. The van der Waals surface area contributed by atoms with Crippen molar-refractivity contribution in [3.8, 4) is 11.5 Å². The van der Waals surface area contributed by atoms with Crippen LogP contribution in [-0.2, 0) is 11.3 Å². The summed E-state index contributed by atoms with van der Waals surface area (Å²) in [5, 5.41) is 11.6. The minimum atomic E-state index is -0.101. The topological polar surface area (TPSA) is 104 Å². The zero-order valence-electron chi connectivity index (χ0n) is 14.2. The molecule has 1 aromatic heterocycles. The number of nitrogens with one attached hydrogen (secondary N) is 1. The lowest BCUT2D eigenvalue weighted by Gasteiger charge is -2.10. The Balaban J connectivity index is 1.49. The summed E-state index contributed by atoms with van der Waals surface area (Å²) in [6.07, 6.45) is 2.21. The number of nitrogen functional groups attached to an aromatic ring is 1. The fourth-order valence-corrected chi connectivity index (χ4v) is 3.07. The molecular weight excluding hydrogens is 342 g/mol. The first-order valence-corrected chi connectivity index (χ1v) is 8.91. The van der Waals surface area contributed by atoms with Crippen LogP contribution in [0.4, 0.5) is 0 Å². The standard InChI is InChI=1S/C16H21N5O3S/c1-23-12-6-3-10(7-13(12)24-2)8-18-14(22)9-25-16-20-19-15(21(16)17)11-4-5-11/h3,6-7,11H,4-5,8-9,17H2,1-2H3,(H,18,22). The molecule has 3 N–H and O–H groups in total. The van der Waals surface area contributed by atoms with Crippen LogP contribution in [0.2, 0.25) is 0 Å². The fraction of sp³-hybridized carbons (Fsp3) is 0.438. The number of methoxy groups -OCH3 is 2. The van der Waals surface area contributed by atoms with Crippen molar-refractivity contribution in [2.75, 3.05) is 25.8 Å². The lowest BCUT2D eigenvalue weighted by molar-refractivity contribution is -0.118. The largest absolute Gasteiger partial charge is 0.493 e. The molecule has 0 radical (unpaired) electrons. The van der Waals surface area contributed by atoms with Crippen molar-refractivity contribution in [1.82, 2.24) is 20.2 Å². The number of hydrogen-bond acceptors (Lipinski definition) is 7. The van der Waals surface area contributed by atoms with E-state index >= 15 is 0 Å². The number of aromatic nitrogens is 3. The van der Waals surface area contributed by atoms with Gasteiger partial charge in [-0.1, -0.05) is 17.8 Å². The minimum Gasteiger partial charge on any atom is -0.493 e. The molecule has 1 heterocycles. The van der Waals surface area contributed by atoms with Gasteiger partial charge in [-0.2, -0.15) is 0 Å². The van der Waals surface area contributed by atoms with Gasteiger partial charge < -0.3 is 20.6 Å². The predicted molar refractivity (Wildman–Crippen MR) is 94.3 cm³/mol. The average Bonchev–Trinajstić information content (AvgIpc) is 3.41. The summed E-state index contributed by atoms with van der Waals surface area (Å²) < 4.78 is 11.9. The zero-order chi connectivity index (χ0) is 17.8. The van der Waals surface area contributed by atoms with Crippen LogP contribution in [0.1, 0.15) is 30.1 Å². The molecule has 0 aliphatic heterocycles. The number of hydrogen-bond donors (Lipinski definition) is 2. The molecular formula is C16H21N5O3S. The molecule has 0 bridgehead atoms. The van der Waals surface area contributed by atoms with Gasteiger partial charge >= 0.3 is 0 Å². The number of carbonyl (C=O) groups is 1. The third-order valence-corrected chi connectivity index (χ3v) is 4.85. The molecule has 1 fully saturated rings. The normalized spacial score (nSPS) is 13.5. The number of nitrogens with two attached hydrogens (primary N) is 1. The highest BCUT2D eigenvalue weighted by molar-refractivity contribution is 7.99. The van der Waals surface area contributed by atoms with Crippen molar-refractivity contribution in [1.29, 1.82) is 0 Å². The van der Waals surface area contributed by atoms with Crippen LogP contribution in [-0.4, -0.2) is 40.8 Å². The maximum absolute atomic E-state index is 12.0. The maximum Gasteiger partial charge on any atom is 0.230 e. The van der Waals surface area contributed by atoms with Gasteiger partial charge in [-0.25, -0.2) is 4.68 Å². The van der Waals surface area contributed by atoms with Gasteiger partial charge in [0.25, 0.3) is 0 Å². The molecule has 1 aliphatic rings. The van der Waals surface area contributed by atoms with Crippen molar-refractivity contribution in [2.24, 2.45) is 0 Å². The summed E-state index contributed by atoms with van der Waals surface area (Å²) in [4.78, 5) is 12.0. The Morgan fingerprint density at radius 1 is 1.32 bits per heavy atom. The van der Waals surface area contributed by atoms with E-state index in [4.69, 9.17) is 15.3 Å². The second-order valence-electron chi connectivity index (χ2n) is 5.74.